The molecule has 5 nitrogen and oxygen atoms in total. The average molecular weight is 439 g/mol. The predicted octanol–water partition coefficient (Wildman–Crippen LogP) is 3.31. The molecule has 0 fully saturated rings. The number of aromatic amines is 1. The first-order chi connectivity index (χ1) is 14.4. The Kier molecular flexibility index (Phi) is 6.18. The smallest absolute Gasteiger partial charge is 0.320 e. The number of hydrogen-bond acceptors (Lipinski definition) is 2. The van der Waals surface area contributed by atoms with Crippen molar-refractivity contribution in [1.29, 1.82) is 0 Å². The van der Waals surface area contributed by atoms with Crippen LogP contribution in [0.2, 0.25) is 5.02 Å². The Morgan fingerprint density at radius 2 is 1.71 bits per heavy atom. The van der Waals surface area contributed by atoms with Gasteiger partial charge < -0.3 is 15.2 Å². The van der Waals surface area contributed by atoms with Gasteiger partial charge in [0.2, 0.25) is 0 Å². The Morgan fingerprint density at radius 1 is 1.10 bits per heavy atom. The number of carbonyl (C=O) groups excluding carboxylic acids is 1. The van der Waals surface area contributed by atoms with Gasteiger partial charge in [0, 0.05) is 11.9 Å². The summed E-state index contributed by atoms with van der Waals surface area (Å²) in [6.45, 7) is 1.47. The number of halogens is 4. The number of amides is 2. The van der Waals surface area contributed by atoms with Crippen LogP contribution in [0, 0.1) is 17.5 Å². The summed E-state index contributed by atoms with van der Waals surface area (Å²) in [7, 11) is 17.3. The van der Waals surface area contributed by atoms with Crippen molar-refractivity contribution in [3.8, 4) is 0 Å². The Hall–Kier alpha value is -2.81. The molecule has 1 aromatic heterocycles. The molecule has 1 atom stereocenters. The summed E-state index contributed by atoms with van der Waals surface area (Å²) in [5, 5.41) is -0.130. The monoisotopic (exact) mass is 439 g/mol. The van der Waals surface area contributed by atoms with Crippen LogP contribution in [0.15, 0.2) is 41.3 Å². The van der Waals surface area contributed by atoms with Crippen molar-refractivity contribution in [2.24, 2.45) is 0 Å². The van der Waals surface area contributed by atoms with E-state index in [9.17, 15) is 22.8 Å². The van der Waals surface area contributed by atoms with E-state index in [1.54, 1.807) is 0 Å². The lowest BCUT2D eigenvalue weighted by Gasteiger charge is -2.42. The highest BCUT2D eigenvalue weighted by Crippen LogP contribution is 2.31. The maximum Gasteiger partial charge on any atom is 0.320 e. The van der Waals surface area contributed by atoms with Crippen LogP contribution in [0.5, 0.6) is 0 Å². The third-order valence-electron chi connectivity index (χ3n) is 4.62. The number of anilines is 1. The zero-order valence-corrected chi connectivity index (χ0v) is 16.8. The minimum Gasteiger partial charge on any atom is -0.337 e. The summed E-state index contributed by atoms with van der Waals surface area (Å²) in [5.74, 6) is -3.09. The van der Waals surface area contributed by atoms with Crippen LogP contribution in [0.3, 0.4) is 0 Å². The zero-order valence-electron chi connectivity index (χ0n) is 16.0. The number of hydrogen-bond donors (Lipinski definition) is 2. The van der Waals surface area contributed by atoms with Crippen LogP contribution < -0.4 is 10.9 Å². The van der Waals surface area contributed by atoms with E-state index in [-0.39, 0.29) is 27.0 Å². The Morgan fingerprint density at radius 3 is 2.29 bits per heavy atom. The number of fused-ring (bicyclic) bond motifs is 1. The molecule has 2 aromatic carbocycles. The average Bonchev–Trinajstić information content (AvgIpc) is 2.65. The van der Waals surface area contributed by atoms with Crippen LogP contribution in [-0.2, 0) is 0 Å². The highest BCUT2D eigenvalue weighted by molar-refractivity contribution is 6.59. The molecule has 1 heterocycles. The summed E-state index contributed by atoms with van der Waals surface area (Å²) in [4.78, 5) is 28.2. The molecule has 2 amide bonds. The fourth-order valence-corrected chi connectivity index (χ4v) is 3.38. The highest BCUT2D eigenvalue weighted by atomic mass is 35.5. The number of nitrogens with one attached hydrogen (secondary N) is 2. The lowest BCUT2D eigenvalue weighted by Crippen LogP contribution is -2.56. The molecule has 0 spiro atoms. The number of urea groups is 1. The van der Waals surface area contributed by atoms with Crippen LogP contribution in [-0.4, -0.2) is 44.7 Å². The first-order valence-corrected chi connectivity index (χ1v) is 9.20. The number of pyridine rings is 1. The fourth-order valence-electron chi connectivity index (χ4n) is 3.20. The van der Waals surface area contributed by atoms with Gasteiger partial charge in [-0.3, -0.25) is 4.79 Å². The third-order valence-corrected chi connectivity index (χ3v) is 4.91. The van der Waals surface area contributed by atoms with Crippen molar-refractivity contribution in [2.75, 3.05) is 5.32 Å². The molecule has 152 valence electrons. The van der Waals surface area contributed by atoms with Gasteiger partial charge in [0.1, 0.15) is 5.82 Å². The summed E-state index contributed by atoms with van der Waals surface area (Å²) < 4.78 is 40.9. The fraction of sp³-hybridized carbons (Fsp3) is 0.158. The largest absolute Gasteiger partial charge is 0.337 e. The van der Waals surface area contributed by atoms with E-state index in [1.807, 2.05) is 0 Å². The maximum absolute atomic E-state index is 13.9. The van der Waals surface area contributed by atoms with Crippen LogP contribution in [0.25, 0.3) is 10.8 Å². The highest BCUT2D eigenvalue weighted by Gasteiger charge is 2.32. The van der Waals surface area contributed by atoms with Crippen molar-refractivity contribution in [2.45, 2.75) is 18.2 Å². The third kappa shape index (κ3) is 4.61. The molecule has 2 N–H and O–H groups in total. The predicted molar refractivity (Wildman–Crippen MR) is 115 cm³/mol. The normalized spacial score (nSPS) is 12.5. The number of nitrogens with zero attached hydrogens (tertiary/aromatic N) is 1. The second kappa shape index (κ2) is 8.38. The zero-order chi connectivity index (χ0) is 23.1. The standard InChI is InChI=1S/C19H12B3ClF3N3O2/c1-8(12-7-27-17(30)11-6-16(26)15(25)5-10(11)12)29(19(20,21)22)18(31)28-9-2-3-14(24)13(23)4-9/h2-8H,1H3,(H,27,30)(H,28,31). The number of benzene rings is 2. The summed E-state index contributed by atoms with van der Waals surface area (Å²) in [6.07, 6.45) is 1.22. The van der Waals surface area contributed by atoms with Crippen LogP contribution in [0.4, 0.5) is 23.7 Å². The van der Waals surface area contributed by atoms with Gasteiger partial charge in [-0.2, -0.15) is 0 Å². The molecule has 12 heteroatoms. The molecule has 0 aliphatic rings. The molecule has 1 unspecified atom stereocenters. The van der Waals surface area contributed by atoms with E-state index in [0.29, 0.717) is 0 Å². The number of rotatable bonds is 4. The van der Waals surface area contributed by atoms with Gasteiger partial charge >= 0.3 is 6.03 Å². The molecule has 0 saturated heterocycles. The quantitative estimate of drug-likeness (QED) is 0.613. The maximum atomic E-state index is 13.9. The van der Waals surface area contributed by atoms with E-state index in [1.165, 1.54) is 19.2 Å². The summed E-state index contributed by atoms with van der Waals surface area (Å²) in [5.41, 5.74) is -0.356. The summed E-state index contributed by atoms with van der Waals surface area (Å²) >= 11 is 5.72. The Balaban J connectivity index is 2.06. The Labute approximate surface area is 184 Å². The molecule has 6 radical (unpaired) electrons. The molecule has 0 saturated carbocycles. The first kappa shape index (κ1) is 22.9. The van der Waals surface area contributed by atoms with Gasteiger partial charge in [0.15, 0.2) is 11.6 Å². The van der Waals surface area contributed by atoms with E-state index < -0.39 is 40.3 Å². The van der Waals surface area contributed by atoms with Crippen molar-refractivity contribution in [3.05, 3.63) is 74.9 Å². The number of carbonyl (C=O) groups is 1. The van der Waals surface area contributed by atoms with E-state index in [0.717, 1.165) is 29.2 Å². The molecule has 0 bridgehead atoms. The van der Waals surface area contributed by atoms with E-state index >= 15 is 0 Å². The van der Waals surface area contributed by atoms with Crippen molar-refractivity contribution >= 4 is 57.6 Å². The van der Waals surface area contributed by atoms with Crippen molar-refractivity contribution < 1.29 is 18.0 Å². The van der Waals surface area contributed by atoms with Gasteiger partial charge in [0.25, 0.3) is 5.56 Å². The van der Waals surface area contributed by atoms with Gasteiger partial charge in [-0.15, -0.1) is 0 Å². The number of aromatic nitrogens is 1. The molecule has 0 aliphatic carbocycles. The van der Waals surface area contributed by atoms with Crippen molar-refractivity contribution in [1.82, 2.24) is 9.88 Å². The van der Waals surface area contributed by atoms with Crippen molar-refractivity contribution in [3.63, 3.8) is 0 Å². The Bertz CT molecular complexity index is 1230. The lowest BCUT2D eigenvalue weighted by molar-refractivity contribution is 0.192. The molecular formula is C19H12B3ClF3N3O2. The van der Waals surface area contributed by atoms with Gasteiger partial charge in [-0.25, -0.2) is 18.0 Å². The lowest BCUT2D eigenvalue weighted by atomic mass is 9.48. The van der Waals surface area contributed by atoms with Crippen LogP contribution in [0.1, 0.15) is 18.5 Å². The minimum atomic E-state index is -2.21. The van der Waals surface area contributed by atoms with E-state index in [4.69, 9.17) is 35.1 Å². The molecule has 3 aromatic rings. The number of H-pyrrole nitrogens is 1. The van der Waals surface area contributed by atoms with Gasteiger partial charge in [-0.1, -0.05) is 16.8 Å². The summed E-state index contributed by atoms with van der Waals surface area (Å²) in [6, 6.07) is 3.10. The van der Waals surface area contributed by atoms with Gasteiger partial charge in [0.05, 0.1) is 40.0 Å². The van der Waals surface area contributed by atoms with E-state index in [2.05, 4.69) is 10.3 Å². The second-order valence-corrected chi connectivity index (χ2v) is 7.28. The molecular weight excluding hydrogens is 427 g/mol. The molecule has 0 aliphatic heterocycles. The molecule has 31 heavy (non-hydrogen) atoms. The first-order valence-electron chi connectivity index (χ1n) is 8.82. The second-order valence-electron chi connectivity index (χ2n) is 6.88. The minimum absolute atomic E-state index is 0.0297. The molecule has 3 rings (SSSR count). The SMILES string of the molecule is [B]C([B])([B])N(C(=O)Nc1ccc(F)c(Cl)c1)C(C)c1c[nH]c(=O)c2cc(F)c(F)cc12. The topological polar surface area (TPSA) is 65.2 Å². The van der Waals surface area contributed by atoms with Gasteiger partial charge in [-0.05, 0) is 48.2 Å². The van der Waals surface area contributed by atoms with Crippen LogP contribution >= 0.6 is 11.6 Å².